The second-order valence-corrected chi connectivity index (χ2v) is 7.91. The van der Waals surface area contributed by atoms with Gasteiger partial charge in [-0.15, -0.1) is 0 Å². The van der Waals surface area contributed by atoms with Gasteiger partial charge in [0, 0.05) is 25.3 Å². The quantitative estimate of drug-likeness (QED) is 0.883. The number of nitrogens with one attached hydrogen (secondary N) is 1. The molecule has 1 fully saturated rings. The van der Waals surface area contributed by atoms with Crippen LogP contribution in [0.25, 0.3) is 0 Å². The number of aromatic nitrogens is 2. The molecule has 0 radical (unpaired) electrons. The lowest BCUT2D eigenvalue weighted by Gasteiger charge is -2.27. The van der Waals surface area contributed by atoms with Crippen LogP contribution in [0.4, 0.5) is 5.69 Å². The Kier molecular flexibility index (Phi) is 5.20. The Bertz CT molecular complexity index is 889. The van der Waals surface area contributed by atoms with E-state index in [2.05, 4.69) is 10.3 Å². The Balaban J connectivity index is 1.66. The lowest BCUT2D eigenvalue weighted by Crippen LogP contribution is -2.37. The molecule has 4 rings (SSSR count). The molecule has 1 N–H and O–H groups in total. The summed E-state index contributed by atoms with van der Waals surface area (Å²) in [7, 11) is 0. The van der Waals surface area contributed by atoms with Gasteiger partial charge in [-0.1, -0.05) is 18.2 Å². The summed E-state index contributed by atoms with van der Waals surface area (Å²) in [5.74, 6) is 0.179. The Labute approximate surface area is 165 Å². The highest BCUT2D eigenvalue weighted by Crippen LogP contribution is 2.25. The van der Waals surface area contributed by atoms with Gasteiger partial charge in [0.1, 0.15) is 0 Å². The fraction of sp³-hybridized carbons (Fsp3) is 0.500. The van der Waals surface area contributed by atoms with Gasteiger partial charge in [-0.25, -0.2) is 4.98 Å². The van der Waals surface area contributed by atoms with Crippen LogP contribution in [0.15, 0.2) is 18.2 Å². The number of imidazole rings is 1. The first-order valence-electron chi connectivity index (χ1n) is 10.3. The number of hydrogen-bond donors (Lipinski definition) is 1. The van der Waals surface area contributed by atoms with E-state index in [9.17, 15) is 9.59 Å². The number of rotatable bonds is 3. The first-order chi connectivity index (χ1) is 13.6. The van der Waals surface area contributed by atoms with Gasteiger partial charge in [-0.3, -0.25) is 9.59 Å². The van der Waals surface area contributed by atoms with E-state index in [4.69, 9.17) is 0 Å². The van der Waals surface area contributed by atoms with Gasteiger partial charge in [-0.2, -0.15) is 0 Å². The third kappa shape index (κ3) is 3.43. The Morgan fingerprint density at radius 2 is 1.64 bits per heavy atom. The number of likely N-dealkylation sites (tertiary alicyclic amines) is 1. The lowest BCUT2D eigenvalue weighted by molar-refractivity contribution is 0.0705. The molecule has 2 aliphatic rings. The number of carbonyl (C=O) groups excluding carboxylic acids is 2. The molecular weight excluding hydrogens is 352 g/mol. The number of hydrogen-bond acceptors (Lipinski definition) is 3. The van der Waals surface area contributed by atoms with Crippen LogP contribution in [0.3, 0.4) is 0 Å². The average molecular weight is 380 g/mol. The van der Waals surface area contributed by atoms with Crippen LogP contribution < -0.4 is 5.32 Å². The fourth-order valence-electron chi connectivity index (χ4n) is 4.31. The number of fused-ring (bicyclic) bond motifs is 1. The molecular formula is C22H28N4O2. The molecule has 1 saturated heterocycles. The molecule has 0 aliphatic carbocycles. The van der Waals surface area contributed by atoms with Gasteiger partial charge in [0.2, 0.25) is 0 Å². The number of amides is 2. The molecule has 0 bridgehead atoms. The van der Waals surface area contributed by atoms with E-state index in [-0.39, 0.29) is 11.8 Å². The van der Waals surface area contributed by atoms with E-state index in [1.54, 1.807) is 0 Å². The Morgan fingerprint density at radius 1 is 0.964 bits per heavy atom. The van der Waals surface area contributed by atoms with Crippen LogP contribution >= 0.6 is 0 Å². The molecule has 6 nitrogen and oxygen atoms in total. The highest BCUT2D eigenvalue weighted by atomic mass is 16.2. The van der Waals surface area contributed by atoms with Crippen LogP contribution in [0.2, 0.25) is 0 Å². The number of benzene rings is 1. The van der Waals surface area contributed by atoms with E-state index < -0.39 is 0 Å². The predicted molar refractivity (Wildman–Crippen MR) is 109 cm³/mol. The van der Waals surface area contributed by atoms with Gasteiger partial charge in [-0.05, 0) is 63.5 Å². The maximum atomic E-state index is 13.1. The van der Waals surface area contributed by atoms with E-state index >= 15 is 0 Å². The molecule has 0 unspecified atom stereocenters. The van der Waals surface area contributed by atoms with E-state index in [1.807, 2.05) is 41.5 Å². The fourth-order valence-corrected chi connectivity index (χ4v) is 4.31. The minimum atomic E-state index is -0.222. The monoisotopic (exact) mass is 380 g/mol. The summed E-state index contributed by atoms with van der Waals surface area (Å²) < 4.78 is 1.99. The zero-order valence-electron chi connectivity index (χ0n) is 16.8. The molecule has 0 spiro atoms. The number of anilines is 1. The number of carbonyl (C=O) groups is 2. The topological polar surface area (TPSA) is 67.2 Å². The minimum absolute atomic E-state index is 0.0334. The lowest BCUT2D eigenvalue weighted by atomic mass is 10.1. The summed E-state index contributed by atoms with van der Waals surface area (Å²) in [5.41, 5.74) is 4.17. The van der Waals surface area contributed by atoms with E-state index in [1.165, 1.54) is 6.42 Å². The normalized spacial score (nSPS) is 16.6. The van der Waals surface area contributed by atoms with Crippen LogP contribution in [-0.4, -0.2) is 39.4 Å². The molecule has 148 valence electrons. The molecule has 1 aromatic heterocycles. The summed E-state index contributed by atoms with van der Waals surface area (Å²) in [4.78, 5) is 32.6. The molecule has 2 aliphatic heterocycles. The van der Waals surface area contributed by atoms with Crippen molar-refractivity contribution in [2.75, 3.05) is 18.4 Å². The summed E-state index contributed by atoms with van der Waals surface area (Å²) in [5, 5.41) is 3.04. The average Bonchev–Trinajstić information content (AvgIpc) is 3.11. The number of aryl methyl sites for hydroxylation is 2. The molecule has 2 aromatic rings. The smallest absolute Gasteiger partial charge is 0.289 e. The van der Waals surface area contributed by atoms with Gasteiger partial charge >= 0.3 is 0 Å². The van der Waals surface area contributed by atoms with E-state index in [0.717, 1.165) is 74.2 Å². The molecule has 6 heteroatoms. The number of piperidine rings is 1. The van der Waals surface area contributed by atoms with Gasteiger partial charge < -0.3 is 14.8 Å². The van der Waals surface area contributed by atoms with E-state index in [0.29, 0.717) is 11.5 Å². The third-order valence-electron chi connectivity index (χ3n) is 5.89. The largest absolute Gasteiger partial charge is 0.336 e. The first kappa shape index (κ1) is 18.7. The summed E-state index contributed by atoms with van der Waals surface area (Å²) in [6.07, 6.45) is 6.08. The van der Waals surface area contributed by atoms with Crippen molar-refractivity contribution in [3.8, 4) is 0 Å². The van der Waals surface area contributed by atoms with Crippen LogP contribution in [0.5, 0.6) is 0 Å². The highest BCUT2D eigenvalue weighted by Gasteiger charge is 2.30. The van der Waals surface area contributed by atoms with Crippen molar-refractivity contribution in [1.82, 2.24) is 14.5 Å². The standard InChI is InChI=1S/C22H28N4O2/c1-15-9-8-10-16(2)18(15)24-21(27)19-17-11-4-7-14-26(17)20(23-19)22(28)25-12-5-3-6-13-25/h8-10H,3-7,11-14H2,1-2H3,(H,24,27). The summed E-state index contributed by atoms with van der Waals surface area (Å²) >= 11 is 0. The van der Waals surface area contributed by atoms with Gasteiger partial charge in [0.05, 0.1) is 5.69 Å². The number of para-hydroxylation sites is 1. The van der Waals surface area contributed by atoms with Crippen molar-refractivity contribution in [3.63, 3.8) is 0 Å². The third-order valence-corrected chi connectivity index (χ3v) is 5.89. The Hall–Kier alpha value is -2.63. The minimum Gasteiger partial charge on any atom is -0.336 e. The maximum Gasteiger partial charge on any atom is 0.289 e. The van der Waals surface area contributed by atoms with Crippen molar-refractivity contribution in [2.45, 2.75) is 58.9 Å². The highest BCUT2D eigenvalue weighted by molar-refractivity contribution is 6.05. The molecule has 28 heavy (non-hydrogen) atoms. The molecule has 0 saturated carbocycles. The second kappa shape index (κ2) is 7.78. The van der Waals surface area contributed by atoms with Gasteiger partial charge in [0.25, 0.3) is 11.8 Å². The number of nitrogens with zero attached hydrogens (tertiary/aromatic N) is 3. The van der Waals surface area contributed by atoms with Crippen molar-refractivity contribution in [2.24, 2.45) is 0 Å². The van der Waals surface area contributed by atoms with Crippen LogP contribution in [0.1, 0.15) is 70.0 Å². The van der Waals surface area contributed by atoms with Crippen molar-refractivity contribution in [1.29, 1.82) is 0 Å². The zero-order chi connectivity index (χ0) is 19.7. The van der Waals surface area contributed by atoms with Crippen molar-refractivity contribution in [3.05, 3.63) is 46.5 Å². The van der Waals surface area contributed by atoms with Gasteiger partial charge in [0.15, 0.2) is 11.5 Å². The maximum absolute atomic E-state index is 13.1. The van der Waals surface area contributed by atoms with Crippen molar-refractivity contribution < 1.29 is 9.59 Å². The van der Waals surface area contributed by atoms with Crippen molar-refractivity contribution >= 4 is 17.5 Å². The van der Waals surface area contributed by atoms with Crippen LogP contribution in [0, 0.1) is 13.8 Å². The first-order valence-corrected chi connectivity index (χ1v) is 10.3. The SMILES string of the molecule is Cc1cccc(C)c1NC(=O)c1nc(C(=O)N2CCCCC2)n2c1CCCC2. The summed E-state index contributed by atoms with van der Waals surface area (Å²) in [6, 6.07) is 5.95. The predicted octanol–water partition coefficient (Wildman–Crippen LogP) is 3.71. The molecule has 0 atom stereocenters. The molecule has 1 aromatic carbocycles. The Morgan fingerprint density at radius 3 is 2.36 bits per heavy atom. The zero-order valence-corrected chi connectivity index (χ0v) is 16.8. The van der Waals surface area contributed by atoms with Crippen LogP contribution in [-0.2, 0) is 13.0 Å². The summed E-state index contributed by atoms with van der Waals surface area (Å²) in [6.45, 7) is 6.29. The second-order valence-electron chi connectivity index (χ2n) is 7.91. The molecule has 2 amide bonds. The molecule has 3 heterocycles.